The van der Waals surface area contributed by atoms with Gasteiger partial charge in [0.25, 0.3) is 0 Å². The Balaban J connectivity index is 2.32. The van der Waals surface area contributed by atoms with E-state index in [1.165, 1.54) is 0 Å². The maximum Gasteiger partial charge on any atom is 0.151 e. The third-order valence-corrected chi connectivity index (χ3v) is 3.94. The molecule has 0 bridgehead atoms. The number of ether oxygens (including phenoxy) is 1. The van der Waals surface area contributed by atoms with Crippen LogP contribution in [-0.2, 0) is 4.74 Å². The second kappa shape index (κ2) is 2.43. The molecule has 2 atom stereocenters. The predicted octanol–water partition coefficient (Wildman–Crippen LogP) is 2.70. The second-order valence-corrected chi connectivity index (χ2v) is 4.70. The Bertz CT molecular complexity index is 261. The lowest BCUT2D eigenvalue weighted by Crippen LogP contribution is -2.16. The Morgan fingerprint density at radius 3 is 3.00 bits per heavy atom. The lowest BCUT2D eigenvalue weighted by Gasteiger charge is -2.11. The van der Waals surface area contributed by atoms with E-state index in [0.717, 1.165) is 5.03 Å². The van der Waals surface area contributed by atoms with Crippen molar-refractivity contribution in [3.63, 3.8) is 0 Å². The summed E-state index contributed by atoms with van der Waals surface area (Å²) in [6.07, 6.45) is 3.67. The van der Waals surface area contributed by atoms with Gasteiger partial charge in [0.2, 0.25) is 0 Å². The first-order chi connectivity index (χ1) is 5.18. The first-order valence-electron chi connectivity index (χ1n) is 3.16. The molecule has 1 nitrogen and oxygen atoms in total. The van der Waals surface area contributed by atoms with Crippen LogP contribution in [0.25, 0.3) is 0 Å². The van der Waals surface area contributed by atoms with Crippen molar-refractivity contribution in [3.8, 4) is 0 Å². The van der Waals surface area contributed by atoms with Crippen LogP contribution >= 0.6 is 35.0 Å². The number of halogens is 2. The summed E-state index contributed by atoms with van der Waals surface area (Å²) in [4.78, 5) is -0.247. The van der Waals surface area contributed by atoms with Gasteiger partial charge in [0.05, 0.1) is 5.25 Å². The minimum Gasteiger partial charge on any atom is -0.362 e. The summed E-state index contributed by atoms with van der Waals surface area (Å²) in [7, 11) is 1.67. The molecule has 1 saturated heterocycles. The molecule has 0 aromatic rings. The maximum atomic E-state index is 5.91. The van der Waals surface area contributed by atoms with Crippen molar-refractivity contribution in [2.45, 2.75) is 10.2 Å². The highest BCUT2D eigenvalue weighted by Gasteiger charge is 2.58. The summed E-state index contributed by atoms with van der Waals surface area (Å²) in [5.41, 5.74) is 0. The van der Waals surface area contributed by atoms with Crippen molar-refractivity contribution < 1.29 is 4.74 Å². The van der Waals surface area contributed by atoms with Crippen molar-refractivity contribution in [1.82, 2.24) is 0 Å². The normalized spacial score (nSPS) is 40.8. The monoisotopic (exact) mass is 208 g/mol. The van der Waals surface area contributed by atoms with Crippen LogP contribution < -0.4 is 0 Å². The molecule has 1 heterocycles. The Hall–Kier alpha value is 0.370. The van der Waals surface area contributed by atoms with Gasteiger partial charge in [-0.3, -0.25) is 0 Å². The number of thioether (sulfide) groups is 1. The van der Waals surface area contributed by atoms with Crippen molar-refractivity contribution in [1.29, 1.82) is 0 Å². The maximum absolute atomic E-state index is 5.91. The first kappa shape index (κ1) is 7.99. The van der Waals surface area contributed by atoms with Gasteiger partial charge in [0, 0.05) is 17.2 Å². The smallest absolute Gasteiger partial charge is 0.151 e. The zero-order valence-corrected chi connectivity index (χ0v) is 8.13. The van der Waals surface area contributed by atoms with Gasteiger partial charge in [-0.05, 0) is 12.2 Å². The van der Waals surface area contributed by atoms with Gasteiger partial charge in [-0.25, -0.2) is 0 Å². The van der Waals surface area contributed by atoms with E-state index in [2.05, 4.69) is 0 Å². The molecule has 1 fully saturated rings. The molecule has 11 heavy (non-hydrogen) atoms. The Morgan fingerprint density at radius 2 is 2.36 bits per heavy atom. The van der Waals surface area contributed by atoms with Crippen molar-refractivity contribution >= 4 is 35.0 Å². The van der Waals surface area contributed by atoms with Crippen LogP contribution in [0.15, 0.2) is 22.2 Å². The van der Waals surface area contributed by atoms with Gasteiger partial charge < -0.3 is 4.74 Å². The van der Waals surface area contributed by atoms with Crippen LogP contribution in [0, 0.1) is 0 Å². The average molecular weight is 209 g/mol. The number of fused-ring (bicyclic) bond motifs is 1. The average Bonchev–Trinajstić information content (AvgIpc) is 2.64. The first-order valence-corrected chi connectivity index (χ1v) is 4.80. The van der Waals surface area contributed by atoms with Crippen LogP contribution in [0.2, 0.25) is 0 Å². The summed E-state index contributed by atoms with van der Waals surface area (Å²) in [6.45, 7) is 0. The SMILES string of the molecule is COC12C=C(Cl)C=C(Cl)C1S2. The standard InChI is InChI=1S/C7H6Cl2OS/c1-10-7-3-4(8)2-5(9)6(7)11-7/h2-3,6H,1H3. The molecule has 1 aliphatic carbocycles. The molecule has 1 aliphatic heterocycles. The van der Waals surface area contributed by atoms with E-state index < -0.39 is 0 Å². The largest absolute Gasteiger partial charge is 0.362 e. The molecule has 0 N–H and O–H groups in total. The molecule has 2 rings (SSSR count). The highest BCUT2D eigenvalue weighted by atomic mass is 35.5. The molecular weight excluding hydrogens is 203 g/mol. The highest BCUT2D eigenvalue weighted by Crippen LogP contribution is 2.62. The van der Waals surface area contributed by atoms with E-state index >= 15 is 0 Å². The molecular formula is C7H6Cl2OS. The quantitative estimate of drug-likeness (QED) is 0.614. The van der Waals surface area contributed by atoms with Gasteiger partial charge in [-0.15, -0.1) is 11.8 Å². The fraction of sp³-hybridized carbons (Fsp3) is 0.429. The minimum absolute atomic E-state index is 0.247. The summed E-state index contributed by atoms with van der Waals surface area (Å²) >= 11 is 13.4. The molecule has 0 spiro atoms. The lowest BCUT2D eigenvalue weighted by molar-refractivity contribution is 0.143. The number of hydrogen-bond donors (Lipinski definition) is 0. The van der Waals surface area contributed by atoms with Gasteiger partial charge in [-0.1, -0.05) is 23.2 Å². The van der Waals surface area contributed by atoms with E-state index in [-0.39, 0.29) is 10.2 Å². The van der Waals surface area contributed by atoms with E-state index in [4.69, 9.17) is 27.9 Å². The zero-order chi connectivity index (χ0) is 8.06. The number of methoxy groups -OCH3 is 1. The van der Waals surface area contributed by atoms with Gasteiger partial charge >= 0.3 is 0 Å². The third-order valence-electron chi connectivity index (χ3n) is 1.79. The van der Waals surface area contributed by atoms with Gasteiger partial charge in [0.15, 0.2) is 4.93 Å². The molecule has 60 valence electrons. The van der Waals surface area contributed by atoms with Crippen LogP contribution in [0.5, 0.6) is 0 Å². The topological polar surface area (TPSA) is 9.23 Å². The van der Waals surface area contributed by atoms with E-state index in [1.54, 1.807) is 24.9 Å². The van der Waals surface area contributed by atoms with Crippen LogP contribution in [0.4, 0.5) is 0 Å². The lowest BCUT2D eigenvalue weighted by atomic mass is 10.1. The number of hydrogen-bond acceptors (Lipinski definition) is 2. The summed E-state index contributed by atoms with van der Waals surface area (Å²) in [6, 6.07) is 0. The highest BCUT2D eigenvalue weighted by molar-refractivity contribution is 8.09. The fourth-order valence-electron chi connectivity index (χ4n) is 1.16. The number of allylic oxidation sites excluding steroid dienone is 2. The summed E-state index contributed by atoms with van der Waals surface area (Å²) < 4.78 is 5.27. The molecule has 0 amide bonds. The third kappa shape index (κ3) is 1.13. The Morgan fingerprint density at radius 1 is 1.64 bits per heavy atom. The van der Waals surface area contributed by atoms with Crippen LogP contribution in [0.1, 0.15) is 0 Å². The zero-order valence-electron chi connectivity index (χ0n) is 5.80. The fourth-order valence-corrected chi connectivity index (χ4v) is 3.11. The molecule has 0 saturated carbocycles. The summed E-state index contributed by atoms with van der Waals surface area (Å²) in [5.74, 6) is 0. The summed E-state index contributed by atoms with van der Waals surface area (Å²) in [5, 5.41) is 1.72. The van der Waals surface area contributed by atoms with Gasteiger partial charge in [0.1, 0.15) is 0 Å². The van der Waals surface area contributed by atoms with Crippen LogP contribution in [0.3, 0.4) is 0 Å². The van der Waals surface area contributed by atoms with Crippen LogP contribution in [-0.4, -0.2) is 17.3 Å². The van der Waals surface area contributed by atoms with Crippen molar-refractivity contribution in [2.75, 3.05) is 7.11 Å². The minimum atomic E-state index is -0.247. The Labute approximate surface area is 79.4 Å². The van der Waals surface area contributed by atoms with Crippen molar-refractivity contribution in [3.05, 3.63) is 22.2 Å². The molecule has 4 heteroatoms. The second-order valence-electron chi connectivity index (χ2n) is 2.48. The van der Waals surface area contributed by atoms with E-state index in [9.17, 15) is 0 Å². The molecule has 0 aromatic carbocycles. The number of rotatable bonds is 1. The molecule has 2 aliphatic rings. The molecule has 0 radical (unpaired) electrons. The van der Waals surface area contributed by atoms with Gasteiger partial charge in [-0.2, -0.15) is 0 Å². The van der Waals surface area contributed by atoms with E-state index in [1.807, 2.05) is 6.08 Å². The Kier molecular flexibility index (Phi) is 1.76. The molecule has 2 unspecified atom stereocenters. The molecule has 0 aromatic heterocycles. The van der Waals surface area contributed by atoms with E-state index in [0.29, 0.717) is 5.03 Å². The van der Waals surface area contributed by atoms with Crippen molar-refractivity contribution in [2.24, 2.45) is 0 Å². The predicted molar refractivity (Wildman–Crippen MR) is 49.0 cm³/mol.